The first-order valence-electron chi connectivity index (χ1n) is 19.3. The van der Waals surface area contributed by atoms with Gasteiger partial charge in [-0.3, -0.25) is 0 Å². The van der Waals surface area contributed by atoms with Gasteiger partial charge < -0.3 is 4.57 Å². The van der Waals surface area contributed by atoms with Crippen molar-refractivity contribution < 1.29 is 0 Å². The molecule has 0 fully saturated rings. The van der Waals surface area contributed by atoms with E-state index >= 15 is 0 Å². The lowest BCUT2D eigenvalue weighted by Gasteiger charge is -2.12. The van der Waals surface area contributed by atoms with E-state index in [1.807, 2.05) is 36.4 Å². The van der Waals surface area contributed by atoms with Gasteiger partial charge in [-0.15, -0.1) is 0 Å². The second-order valence-electron chi connectivity index (χ2n) is 14.4. The highest BCUT2D eigenvalue weighted by molar-refractivity contribution is 6.29. The van der Waals surface area contributed by atoms with Gasteiger partial charge in [0.2, 0.25) is 0 Å². The van der Waals surface area contributed by atoms with E-state index in [4.69, 9.17) is 15.0 Å². The van der Waals surface area contributed by atoms with Crippen molar-refractivity contribution in [2.24, 2.45) is 0 Å². The lowest BCUT2D eigenvalue weighted by atomic mass is 9.95. The number of hydrogen-bond acceptors (Lipinski definition) is 3. The number of fused-ring (bicyclic) bond motifs is 7. The summed E-state index contributed by atoms with van der Waals surface area (Å²) >= 11 is 0. The first-order chi connectivity index (χ1) is 28.3. The maximum atomic E-state index is 5.23. The summed E-state index contributed by atoms with van der Waals surface area (Å²) in [5, 5.41) is 5.96. The number of nitrogens with zero attached hydrogens (tertiary/aromatic N) is 4. The van der Waals surface area contributed by atoms with Gasteiger partial charge in [-0.2, -0.15) is 0 Å². The Morgan fingerprint density at radius 1 is 0.316 bits per heavy atom. The largest absolute Gasteiger partial charge is 0.309 e. The smallest absolute Gasteiger partial charge is 0.160 e. The highest BCUT2D eigenvalue weighted by Crippen LogP contribution is 2.43. The fraction of sp³-hybridized carbons (Fsp3) is 0. The third kappa shape index (κ3) is 5.66. The molecule has 0 spiro atoms. The minimum atomic E-state index is 0.699. The standard InChI is InChI=1S/C53H34N4/c1-5-15-36(16-6-1)46-34-47(37-17-7-2-8-18-37)56-53(55-46)39-27-25-35(26-28-39)40-29-30-43-49(33-40)57(41-21-11-4-12-22-41)48-32-31-44-50(51(43)48)42-23-13-14-24-45(42)54-52(44)38-19-9-3-10-20-38/h1-34H. The highest BCUT2D eigenvalue weighted by atomic mass is 15.0. The first kappa shape index (κ1) is 32.7. The molecule has 0 aliphatic carbocycles. The maximum Gasteiger partial charge on any atom is 0.160 e. The van der Waals surface area contributed by atoms with Crippen LogP contribution in [0.3, 0.4) is 0 Å². The molecule has 0 amide bonds. The van der Waals surface area contributed by atoms with Gasteiger partial charge in [-0.25, -0.2) is 15.0 Å². The van der Waals surface area contributed by atoms with Crippen LogP contribution in [0.2, 0.25) is 0 Å². The van der Waals surface area contributed by atoms with Gasteiger partial charge in [-0.05, 0) is 47.5 Å². The average molecular weight is 727 g/mol. The molecule has 0 aliphatic rings. The fourth-order valence-corrected chi connectivity index (χ4v) is 8.30. The molecule has 0 aliphatic heterocycles. The van der Waals surface area contributed by atoms with Crippen LogP contribution in [0.5, 0.6) is 0 Å². The predicted octanol–water partition coefficient (Wildman–Crippen LogP) is 13.6. The van der Waals surface area contributed by atoms with E-state index in [1.54, 1.807) is 0 Å². The lowest BCUT2D eigenvalue weighted by Crippen LogP contribution is -1.96. The second kappa shape index (κ2) is 13.6. The molecule has 0 saturated carbocycles. The molecule has 0 unspecified atom stereocenters. The van der Waals surface area contributed by atoms with E-state index in [1.165, 1.54) is 16.2 Å². The van der Waals surface area contributed by atoms with Crippen LogP contribution in [-0.4, -0.2) is 19.5 Å². The summed E-state index contributed by atoms with van der Waals surface area (Å²) in [6.45, 7) is 0. The molecule has 57 heavy (non-hydrogen) atoms. The molecular weight excluding hydrogens is 693 g/mol. The highest BCUT2D eigenvalue weighted by Gasteiger charge is 2.20. The topological polar surface area (TPSA) is 43.6 Å². The van der Waals surface area contributed by atoms with E-state index in [9.17, 15) is 0 Å². The molecule has 0 radical (unpaired) electrons. The Balaban J connectivity index is 1.09. The summed E-state index contributed by atoms with van der Waals surface area (Å²) < 4.78 is 2.41. The van der Waals surface area contributed by atoms with Crippen LogP contribution in [0.1, 0.15) is 0 Å². The maximum absolute atomic E-state index is 5.23. The van der Waals surface area contributed by atoms with E-state index in [0.29, 0.717) is 5.82 Å². The molecule has 0 atom stereocenters. The van der Waals surface area contributed by atoms with Crippen molar-refractivity contribution in [2.75, 3.05) is 0 Å². The van der Waals surface area contributed by atoms with E-state index < -0.39 is 0 Å². The molecule has 8 aromatic carbocycles. The Morgan fingerprint density at radius 3 is 1.53 bits per heavy atom. The Morgan fingerprint density at radius 2 is 0.860 bits per heavy atom. The van der Waals surface area contributed by atoms with Crippen molar-refractivity contribution in [3.8, 4) is 62.0 Å². The number of rotatable bonds is 6. The number of hydrogen-bond donors (Lipinski definition) is 0. The number of pyridine rings is 1. The van der Waals surface area contributed by atoms with Crippen LogP contribution < -0.4 is 0 Å². The van der Waals surface area contributed by atoms with Crippen molar-refractivity contribution in [3.63, 3.8) is 0 Å². The molecule has 3 aromatic heterocycles. The molecule has 0 bridgehead atoms. The molecule has 266 valence electrons. The van der Waals surface area contributed by atoms with Crippen LogP contribution in [0.4, 0.5) is 0 Å². The number of para-hydroxylation sites is 2. The van der Waals surface area contributed by atoms with Gasteiger partial charge in [0.1, 0.15) is 0 Å². The van der Waals surface area contributed by atoms with Crippen molar-refractivity contribution in [1.29, 1.82) is 0 Å². The quantitative estimate of drug-likeness (QED) is 0.160. The SMILES string of the molecule is c1ccc(-c2cc(-c3ccccc3)nc(-c3ccc(-c4ccc5c6c7c(ccc6n(-c6ccccc6)c5c4)c(-c4ccccc4)nc4ccccc47)cc3)n2)cc1. The third-order valence-corrected chi connectivity index (χ3v) is 11.0. The van der Waals surface area contributed by atoms with Gasteiger partial charge in [0, 0.05) is 54.9 Å². The zero-order chi connectivity index (χ0) is 37.7. The van der Waals surface area contributed by atoms with Gasteiger partial charge >= 0.3 is 0 Å². The summed E-state index contributed by atoms with van der Waals surface area (Å²) in [6.07, 6.45) is 0. The van der Waals surface area contributed by atoms with Crippen LogP contribution >= 0.6 is 0 Å². The number of benzene rings is 8. The van der Waals surface area contributed by atoms with Gasteiger partial charge in [-0.1, -0.05) is 170 Å². The van der Waals surface area contributed by atoms with Crippen LogP contribution in [-0.2, 0) is 0 Å². The number of aromatic nitrogens is 4. The lowest BCUT2D eigenvalue weighted by molar-refractivity contribution is 1.18. The molecular formula is C53H34N4. The van der Waals surface area contributed by atoms with Crippen LogP contribution in [0, 0.1) is 0 Å². The molecule has 0 saturated heterocycles. The summed E-state index contributed by atoms with van der Waals surface area (Å²) in [4.78, 5) is 15.4. The van der Waals surface area contributed by atoms with Crippen LogP contribution in [0.25, 0.3) is 105 Å². The molecule has 4 nitrogen and oxygen atoms in total. The van der Waals surface area contributed by atoms with Crippen LogP contribution in [0.15, 0.2) is 206 Å². The Labute approximate surface area is 330 Å². The van der Waals surface area contributed by atoms with E-state index in [2.05, 4.69) is 174 Å². The minimum absolute atomic E-state index is 0.699. The monoisotopic (exact) mass is 726 g/mol. The normalized spacial score (nSPS) is 11.5. The van der Waals surface area contributed by atoms with Gasteiger partial charge in [0.25, 0.3) is 0 Å². The average Bonchev–Trinajstić information content (AvgIpc) is 3.63. The van der Waals surface area contributed by atoms with Crippen molar-refractivity contribution in [2.45, 2.75) is 0 Å². The van der Waals surface area contributed by atoms with E-state index in [-0.39, 0.29) is 0 Å². The van der Waals surface area contributed by atoms with Gasteiger partial charge in [0.15, 0.2) is 5.82 Å². The molecule has 11 rings (SSSR count). The molecule has 0 N–H and O–H groups in total. The van der Waals surface area contributed by atoms with E-state index in [0.717, 1.165) is 83.5 Å². The van der Waals surface area contributed by atoms with Crippen molar-refractivity contribution in [1.82, 2.24) is 19.5 Å². The summed E-state index contributed by atoms with van der Waals surface area (Å²) in [5.41, 5.74) is 13.7. The summed E-state index contributed by atoms with van der Waals surface area (Å²) in [7, 11) is 0. The molecule has 4 heteroatoms. The van der Waals surface area contributed by atoms with Gasteiger partial charge in [0.05, 0.1) is 33.6 Å². The van der Waals surface area contributed by atoms with Crippen molar-refractivity contribution in [3.05, 3.63) is 206 Å². The Hall–Kier alpha value is -7.69. The Kier molecular flexibility index (Phi) is 7.78. The predicted molar refractivity (Wildman–Crippen MR) is 236 cm³/mol. The second-order valence-corrected chi connectivity index (χ2v) is 14.4. The summed E-state index contributed by atoms with van der Waals surface area (Å²) in [6, 6.07) is 72.6. The zero-order valence-corrected chi connectivity index (χ0v) is 30.9. The summed E-state index contributed by atoms with van der Waals surface area (Å²) in [5.74, 6) is 0.699. The zero-order valence-electron chi connectivity index (χ0n) is 30.9. The first-order valence-corrected chi connectivity index (χ1v) is 19.3. The molecule has 11 aromatic rings. The minimum Gasteiger partial charge on any atom is -0.309 e. The van der Waals surface area contributed by atoms with Crippen molar-refractivity contribution >= 4 is 43.5 Å². The Bertz CT molecular complexity index is 3190. The molecule has 3 heterocycles. The third-order valence-electron chi connectivity index (χ3n) is 11.0. The fourth-order valence-electron chi connectivity index (χ4n) is 8.30.